The van der Waals surface area contributed by atoms with Gasteiger partial charge in [0.15, 0.2) is 5.78 Å². The van der Waals surface area contributed by atoms with E-state index in [1.54, 1.807) is 0 Å². The van der Waals surface area contributed by atoms with Crippen molar-refractivity contribution in [1.29, 1.82) is 0 Å². The molecule has 1 aliphatic heterocycles. The summed E-state index contributed by atoms with van der Waals surface area (Å²) in [4.78, 5) is 11.8. The molecule has 0 unspecified atom stereocenters. The average molecular weight is 267 g/mol. The van der Waals surface area contributed by atoms with Crippen LogP contribution >= 0.6 is 0 Å². The van der Waals surface area contributed by atoms with Crippen LogP contribution in [0, 0.1) is 0 Å². The van der Waals surface area contributed by atoms with Crippen LogP contribution in [0.15, 0.2) is 60.7 Å². The molecule has 0 aliphatic carbocycles. The zero-order chi connectivity index (χ0) is 14.0. The van der Waals surface area contributed by atoms with Gasteiger partial charge in [0.2, 0.25) is 0 Å². The van der Waals surface area contributed by atoms with Gasteiger partial charge in [-0.15, -0.1) is 0 Å². The molecule has 1 N–H and O–H groups in total. The Labute approximate surface area is 120 Å². The molecule has 0 radical (unpaired) electrons. The summed E-state index contributed by atoms with van der Waals surface area (Å²) in [5, 5.41) is 3.28. The lowest BCUT2D eigenvalue weighted by atomic mass is 10.0. The van der Waals surface area contributed by atoms with Gasteiger partial charge >= 0.3 is 0 Å². The van der Waals surface area contributed by atoms with Crippen LogP contribution in [0.5, 0.6) is 0 Å². The van der Waals surface area contributed by atoms with Gasteiger partial charge in [0.05, 0.1) is 0 Å². The average Bonchev–Trinajstić information content (AvgIpc) is 2.58. The summed E-state index contributed by atoms with van der Waals surface area (Å²) in [6.45, 7) is 2.50. The SMILES string of the molecule is C1CCNCC1.O=C(c1ccccc1)c1ccccc1. The highest BCUT2D eigenvalue weighted by Crippen LogP contribution is 2.08. The lowest BCUT2D eigenvalue weighted by Crippen LogP contribution is -2.21. The zero-order valence-corrected chi connectivity index (χ0v) is 11.7. The Morgan fingerprint density at radius 2 is 1.15 bits per heavy atom. The third-order valence-corrected chi connectivity index (χ3v) is 3.28. The molecule has 1 fully saturated rings. The molecule has 0 aromatic heterocycles. The van der Waals surface area contributed by atoms with Crippen molar-refractivity contribution in [2.24, 2.45) is 0 Å². The van der Waals surface area contributed by atoms with Gasteiger partial charge in [0, 0.05) is 11.1 Å². The van der Waals surface area contributed by atoms with Crippen LogP contribution in [-0.4, -0.2) is 18.9 Å². The highest BCUT2D eigenvalue weighted by molar-refractivity contribution is 6.08. The maximum absolute atomic E-state index is 11.8. The van der Waals surface area contributed by atoms with Crippen molar-refractivity contribution in [3.05, 3.63) is 71.8 Å². The van der Waals surface area contributed by atoms with E-state index in [-0.39, 0.29) is 5.78 Å². The van der Waals surface area contributed by atoms with Gasteiger partial charge in [0.1, 0.15) is 0 Å². The number of carbonyl (C=O) groups is 1. The van der Waals surface area contributed by atoms with Gasteiger partial charge in [-0.3, -0.25) is 4.79 Å². The predicted octanol–water partition coefficient (Wildman–Crippen LogP) is 3.68. The minimum atomic E-state index is 0.0752. The second kappa shape index (κ2) is 8.28. The molecule has 20 heavy (non-hydrogen) atoms. The quantitative estimate of drug-likeness (QED) is 0.841. The van der Waals surface area contributed by atoms with Gasteiger partial charge < -0.3 is 5.32 Å². The first-order chi connectivity index (χ1) is 9.88. The predicted molar refractivity (Wildman–Crippen MR) is 83.0 cm³/mol. The van der Waals surface area contributed by atoms with Crippen LogP contribution in [0.4, 0.5) is 0 Å². The van der Waals surface area contributed by atoms with E-state index in [4.69, 9.17) is 0 Å². The van der Waals surface area contributed by atoms with E-state index in [0.29, 0.717) is 0 Å². The third kappa shape index (κ3) is 4.63. The van der Waals surface area contributed by atoms with Gasteiger partial charge in [0.25, 0.3) is 0 Å². The fourth-order valence-corrected chi connectivity index (χ4v) is 2.15. The van der Waals surface area contributed by atoms with E-state index in [0.717, 1.165) is 11.1 Å². The smallest absolute Gasteiger partial charge is 0.193 e. The zero-order valence-electron chi connectivity index (χ0n) is 11.7. The number of hydrogen-bond acceptors (Lipinski definition) is 2. The largest absolute Gasteiger partial charge is 0.317 e. The second-order valence-corrected chi connectivity index (χ2v) is 4.87. The first kappa shape index (κ1) is 14.5. The van der Waals surface area contributed by atoms with Crippen molar-refractivity contribution in [3.63, 3.8) is 0 Å². The van der Waals surface area contributed by atoms with E-state index in [1.807, 2.05) is 60.7 Å². The Balaban J connectivity index is 0.000000205. The molecular formula is C18H21NO. The summed E-state index contributed by atoms with van der Waals surface area (Å²) in [6.07, 6.45) is 4.22. The molecule has 0 amide bonds. The van der Waals surface area contributed by atoms with Crippen LogP contribution in [0.3, 0.4) is 0 Å². The Morgan fingerprint density at radius 3 is 1.45 bits per heavy atom. The number of hydrogen-bond donors (Lipinski definition) is 1. The highest BCUT2D eigenvalue weighted by atomic mass is 16.1. The van der Waals surface area contributed by atoms with E-state index in [9.17, 15) is 4.79 Å². The van der Waals surface area contributed by atoms with Crippen molar-refractivity contribution in [3.8, 4) is 0 Å². The normalized spacial score (nSPS) is 14.0. The monoisotopic (exact) mass is 267 g/mol. The first-order valence-corrected chi connectivity index (χ1v) is 7.23. The Hall–Kier alpha value is -1.93. The van der Waals surface area contributed by atoms with E-state index in [2.05, 4.69) is 5.32 Å². The topological polar surface area (TPSA) is 29.1 Å². The molecule has 2 heteroatoms. The lowest BCUT2D eigenvalue weighted by Gasteiger charge is -2.08. The maximum atomic E-state index is 11.8. The lowest BCUT2D eigenvalue weighted by molar-refractivity contribution is 0.103. The summed E-state index contributed by atoms with van der Waals surface area (Å²) in [6, 6.07) is 18.6. The Kier molecular flexibility index (Phi) is 6.00. The molecule has 2 aromatic carbocycles. The molecule has 1 heterocycles. The van der Waals surface area contributed by atoms with Crippen LogP contribution < -0.4 is 5.32 Å². The van der Waals surface area contributed by atoms with Crippen molar-refractivity contribution in [2.45, 2.75) is 19.3 Å². The molecule has 3 rings (SSSR count). The highest BCUT2D eigenvalue weighted by Gasteiger charge is 2.06. The molecule has 0 saturated carbocycles. The second-order valence-electron chi connectivity index (χ2n) is 4.87. The van der Waals surface area contributed by atoms with Crippen molar-refractivity contribution in [2.75, 3.05) is 13.1 Å². The first-order valence-electron chi connectivity index (χ1n) is 7.23. The van der Waals surface area contributed by atoms with Crippen LogP contribution in [0.2, 0.25) is 0 Å². The molecule has 104 valence electrons. The summed E-state index contributed by atoms with van der Waals surface area (Å²) < 4.78 is 0. The Morgan fingerprint density at radius 1 is 0.700 bits per heavy atom. The van der Waals surface area contributed by atoms with Crippen molar-refractivity contribution < 1.29 is 4.79 Å². The standard InChI is InChI=1S/C13H10O.C5H11N/c14-13(11-7-3-1-4-8-11)12-9-5-2-6-10-12;1-2-4-6-5-3-1/h1-10H;6H,1-5H2. The molecule has 2 aromatic rings. The number of nitrogens with one attached hydrogen (secondary N) is 1. The number of piperidine rings is 1. The number of benzene rings is 2. The molecular weight excluding hydrogens is 246 g/mol. The molecule has 1 aliphatic rings. The van der Waals surface area contributed by atoms with Crippen LogP contribution in [0.1, 0.15) is 35.2 Å². The Bertz CT molecular complexity index is 450. The van der Waals surface area contributed by atoms with E-state index in [1.165, 1.54) is 32.4 Å². The molecule has 0 atom stereocenters. The minimum absolute atomic E-state index is 0.0752. The van der Waals surface area contributed by atoms with Gasteiger partial charge in [-0.2, -0.15) is 0 Å². The van der Waals surface area contributed by atoms with Gasteiger partial charge in [-0.05, 0) is 25.9 Å². The van der Waals surface area contributed by atoms with E-state index >= 15 is 0 Å². The summed E-state index contributed by atoms with van der Waals surface area (Å²) in [5.74, 6) is 0.0752. The summed E-state index contributed by atoms with van der Waals surface area (Å²) in [7, 11) is 0. The van der Waals surface area contributed by atoms with Gasteiger partial charge in [-0.1, -0.05) is 67.1 Å². The molecule has 1 saturated heterocycles. The number of rotatable bonds is 2. The van der Waals surface area contributed by atoms with Crippen molar-refractivity contribution in [1.82, 2.24) is 5.32 Å². The molecule has 0 bridgehead atoms. The number of ketones is 1. The number of carbonyl (C=O) groups excluding carboxylic acids is 1. The molecule has 0 spiro atoms. The van der Waals surface area contributed by atoms with Crippen molar-refractivity contribution >= 4 is 5.78 Å². The minimum Gasteiger partial charge on any atom is -0.317 e. The summed E-state index contributed by atoms with van der Waals surface area (Å²) in [5.41, 5.74) is 1.47. The molecule has 2 nitrogen and oxygen atoms in total. The maximum Gasteiger partial charge on any atom is 0.193 e. The summed E-state index contributed by atoms with van der Waals surface area (Å²) >= 11 is 0. The van der Waals surface area contributed by atoms with Crippen LogP contribution in [0.25, 0.3) is 0 Å². The fraction of sp³-hybridized carbons (Fsp3) is 0.278. The fourth-order valence-electron chi connectivity index (χ4n) is 2.15. The van der Waals surface area contributed by atoms with Crippen LogP contribution in [-0.2, 0) is 0 Å². The van der Waals surface area contributed by atoms with E-state index < -0.39 is 0 Å². The van der Waals surface area contributed by atoms with Gasteiger partial charge in [-0.25, -0.2) is 0 Å². The third-order valence-electron chi connectivity index (χ3n) is 3.28.